The molecule has 4 aromatic rings. The molecule has 6 nitrogen and oxygen atoms in total. The molecule has 0 bridgehead atoms. The summed E-state index contributed by atoms with van der Waals surface area (Å²) in [7, 11) is 0. The van der Waals surface area contributed by atoms with Crippen LogP contribution in [0.3, 0.4) is 0 Å². The van der Waals surface area contributed by atoms with Crippen molar-refractivity contribution in [2.75, 3.05) is 13.1 Å². The van der Waals surface area contributed by atoms with E-state index >= 15 is 0 Å². The second-order valence-electron chi connectivity index (χ2n) is 7.55. The van der Waals surface area contributed by atoms with Crippen LogP contribution >= 0.6 is 0 Å². The van der Waals surface area contributed by atoms with Crippen LogP contribution in [0.15, 0.2) is 77.6 Å². The van der Waals surface area contributed by atoms with Gasteiger partial charge in [-0.15, -0.1) is 0 Å². The number of nitrogens with zero attached hydrogens (tertiary/aromatic N) is 4. The highest BCUT2D eigenvalue weighted by atomic mass is 19.1. The quantitative estimate of drug-likeness (QED) is 0.458. The zero-order valence-corrected chi connectivity index (χ0v) is 16.8. The number of hydrogen-bond donors (Lipinski definition) is 0. The summed E-state index contributed by atoms with van der Waals surface area (Å²) in [5.74, 6) is 1.43. The Labute approximate surface area is 179 Å². The normalized spacial score (nSPS) is 16.5. The summed E-state index contributed by atoms with van der Waals surface area (Å²) in [5.41, 5.74) is 2.57. The van der Waals surface area contributed by atoms with E-state index in [2.05, 4.69) is 20.0 Å². The molecule has 2 aromatic heterocycles. The molecule has 3 heterocycles. The van der Waals surface area contributed by atoms with E-state index in [1.807, 2.05) is 42.5 Å². The standard InChI is InChI=1S/C24H21FN4O2/c25-19-5-3-4-17(14-19)15-29-13-10-20(16-29)30-22-7-2-1-6-21(22)24-27-23(28-31-24)18-8-11-26-12-9-18/h1-9,11-12,14,20H,10,13,15-16H2. The number of benzene rings is 2. The van der Waals surface area contributed by atoms with Gasteiger partial charge in [0.25, 0.3) is 5.89 Å². The summed E-state index contributed by atoms with van der Waals surface area (Å²) in [6.07, 6.45) is 4.32. The first-order valence-corrected chi connectivity index (χ1v) is 10.2. The highest BCUT2D eigenvalue weighted by Crippen LogP contribution is 2.32. The topological polar surface area (TPSA) is 64.3 Å². The van der Waals surface area contributed by atoms with Crippen LogP contribution in [0.1, 0.15) is 12.0 Å². The fourth-order valence-corrected chi connectivity index (χ4v) is 3.81. The van der Waals surface area contributed by atoms with Gasteiger partial charge in [0.2, 0.25) is 5.82 Å². The van der Waals surface area contributed by atoms with Crippen LogP contribution in [-0.2, 0) is 6.54 Å². The maximum atomic E-state index is 13.5. The van der Waals surface area contributed by atoms with Crippen LogP contribution in [-0.4, -0.2) is 39.2 Å². The van der Waals surface area contributed by atoms with E-state index in [0.29, 0.717) is 24.0 Å². The molecule has 0 radical (unpaired) electrons. The Bertz CT molecular complexity index is 1160. The van der Waals surface area contributed by atoms with Gasteiger partial charge in [-0.1, -0.05) is 29.4 Å². The summed E-state index contributed by atoms with van der Waals surface area (Å²) >= 11 is 0. The zero-order valence-electron chi connectivity index (χ0n) is 16.8. The highest BCUT2D eigenvalue weighted by molar-refractivity contribution is 5.65. The molecule has 1 fully saturated rings. The van der Waals surface area contributed by atoms with Gasteiger partial charge in [-0.25, -0.2) is 4.39 Å². The van der Waals surface area contributed by atoms with Gasteiger partial charge in [0.15, 0.2) is 0 Å². The molecule has 1 aliphatic heterocycles. The van der Waals surface area contributed by atoms with Crippen molar-refractivity contribution in [1.29, 1.82) is 0 Å². The van der Waals surface area contributed by atoms with Gasteiger partial charge in [-0.3, -0.25) is 9.88 Å². The van der Waals surface area contributed by atoms with Crippen LogP contribution in [0.25, 0.3) is 22.8 Å². The first kappa shape index (κ1) is 19.4. The number of para-hydroxylation sites is 1. The van der Waals surface area contributed by atoms with Crippen molar-refractivity contribution in [3.63, 3.8) is 0 Å². The van der Waals surface area contributed by atoms with E-state index in [9.17, 15) is 4.39 Å². The van der Waals surface area contributed by atoms with E-state index in [-0.39, 0.29) is 11.9 Å². The SMILES string of the molecule is Fc1cccc(CN2CCC(Oc3ccccc3-c3nc(-c4ccncc4)no3)C2)c1. The molecule has 1 aliphatic rings. The van der Waals surface area contributed by atoms with Gasteiger partial charge in [0, 0.05) is 37.6 Å². The van der Waals surface area contributed by atoms with Crippen LogP contribution in [0.4, 0.5) is 4.39 Å². The van der Waals surface area contributed by atoms with Crippen molar-refractivity contribution in [1.82, 2.24) is 20.0 Å². The van der Waals surface area contributed by atoms with Gasteiger partial charge in [0.05, 0.1) is 5.56 Å². The number of hydrogen-bond acceptors (Lipinski definition) is 6. The molecular formula is C24H21FN4O2. The fourth-order valence-electron chi connectivity index (χ4n) is 3.81. The highest BCUT2D eigenvalue weighted by Gasteiger charge is 2.25. The molecule has 0 amide bonds. The Morgan fingerprint density at radius 1 is 1.06 bits per heavy atom. The molecule has 0 aliphatic carbocycles. The molecule has 1 unspecified atom stereocenters. The van der Waals surface area contributed by atoms with Crippen molar-refractivity contribution in [2.45, 2.75) is 19.1 Å². The molecule has 2 aromatic carbocycles. The third kappa shape index (κ3) is 4.46. The van der Waals surface area contributed by atoms with Gasteiger partial charge in [-0.2, -0.15) is 4.98 Å². The minimum absolute atomic E-state index is 0.0392. The number of ether oxygens (including phenoxy) is 1. The van der Waals surface area contributed by atoms with Gasteiger partial charge in [-0.05, 0) is 48.4 Å². The Morgan fingerprint density at radius 2 is 1.94 bits per heavy atom. The van der Waals surface area contributed by atoms with E-state index in [1.165, 1.54) is 6.07 Å². The van der Waals surface area contributed by atoms with Crippen LogP contribution in [0.2, 0.25) is 0 Å². The molecule has 1 atom stereocenters. The number of pyridine rings is 1. The minimum atomic E-state index is -0.205. The predicted octanol–water partition coefficient (Wildman–Crippen LogP) is 4.59. The molecule has 0 spiro atoms. The Kier molecular flexibility index (Phi) is 5.41. The van der Waals surface area contributed by atoms with Gasteiger partial charge >= 0.3 is 0 Å². The van der Waals surface area contributed by atoms with E-state index < -0.39 is 0 Å². The summed E-state index contributed by atoms with van der Waals surface area (Å²) in [6, 6.07) is 18.1. The van der Waals surface area contributed by atoms with Crippen LogP contribution in [0.5, 0.6) is 5.75 Å². The van der Waals surface area contributed by atoms with Crippen molar-refractivity contribution in [2.24, 2.45) is 0 Å². The number of likely N-dealkylation sites (tertiary alicyclic amines) is 1. The maximum absolute atomic E-state index is 13.5. The molecule has 1 saturated heterocycles. The lowest BCUT2D eigenvalue weighted by Crippen LogP contribution is -2.24. The van der Waals surface area contributed by atoms with Crippen molar-refractivity contribution >= 4 is 0 Å². The average Bonchev–Trinajstić information content (AvgIpc) is 3.45. The number of aromatic nitrogens is 3. The molecular weight excluding hydrogens is 395 g/mol. The Balaban J connectivity index is 1.29. The van der Waals surface area contributed by atoms with Crippen LogP contribution in [0, 0.1) is 5.82 Å². The van der Waals surface area contributed by atoms with Gasteiger partial charge in [0.1, 0.15) is 17.7 Å². The molecule has 7 heteroatoms. The summed E-state index contributed by atoms with van der Waals surface area (Å²) in [4.78, 5) is 10.8. The molecule has 0 saturated carbocycles. The monoisotopic (exact) mass is 416 g/mol. The van der Waals surface area contributed by atoms with Crippen molar-refractivity contribution < 1.29 is 13.7 Å². The average molecular weight is 416 g/mol. The van der Waals surface area contributed by atoms with E-state index in [1.54, 1.807) is 24.5 Å². The lowest BCUT2D eigenvalue weighted by atomic mass is 10.2. The summed E-state index contributed by atoms with van der Waals surface area (Å²) in [5, 5.41) is 4.09. The molecule has 5 rings (SSSR count). The lowest BCUT2D eigenvalue weighted by molar-refractivity contribution is 0.198. The number of halogens is 1. The molecule has 31 heavy (non-hydrogen) atoms. The minimum Gasteiger partial charge on any atom is -0.488 e. The summed E-state index contributed by atoms with van der Waals surface area (Å²) in [6.45, 7) is 2.38. The second-order valence-corrected chi connectivity index (χ2v) is 7.55. The van der Waals surface area contributed by atoms with Crippen LogP contribution < -0.4 is 4.74 Å². The van der Waals surface area contributed by atoms with Crippen molar-refractivity contribution in [3.05, 3.63) is 84.4 Å². The van der Waals surface area contributed by atoms with E-state index in [4.69, 9.17) is 9.26 Å². The lowest BCUT2D eigenvalue weighted by Gasteiger charge is -2.18. The third-order valence-corrected chi connectivity index (χ3v) is 5.30. The zero-order chi connectivity index (χ0) is 21.0. The first-order chi connectivity index (χ1) is 15.2. The smallest absolute Gasteiger partial charge is 0.262 e. The van der Waals surface area contributed by atoms with Crippen molar-refractivity contribution in [3.8, 4) is 28.6 Å². The second kappa shape index (κ2) is 8.65. The molecule has 156 valence electrons. The predicted molar refractivity (Wildman–Crippen MR) is 114 cm³/mol. The largest absolute Gasteiger partial charge is 0.488 e. The fraction of sp³-hybridized carbons (Fsp3) is 0.208. The third-order valence-electron chi connectivity index (χ3n) is 5.30. The summed E-state index contributed by atoms with van der Waals surface area (Å²) < 4.78 is 25.3. The maximum Gasteiger partial charge on any atom is 0.262 e. The Hall–Kier alpha value is -3.58. The first-order valence-electron chi connectivity index (χ1n) is 10.2. The molecule has 0 N–H and O–H groups in total. The Morgan fingerprint density at radius 3 is 2.81 bits per heavy atom. The number of rotatable bonds is 6. The van der Waals surface area contributed by atoms with E-state index in [0.717, 1.165) is 36.2 Å². The van der Waals surface area contributed by atoms with Gasteiger partial charge < -0.3 is 9.26 Å².